The number of aromatic nitrogens is 7. The van der Waals surface area contributed by atoms with Gasteiger partial charge in [0.2, 0.25) is 5.95 Å². The number of piperazine rings is 1. The smallest absolute Gasteiger partial charge is 0.257 e. The maximum absolute atomic E-state index is 12.6. The summed E-state index contributed by atoms with van der Waals surface area (Å²) >= 11 is 0. The molecular formula is C22H22N10O. The Bertz CT molecular complexity index is 1200. The van der Waals surface area contributed by atoms with Crippen LogP contribution < -0.4 is 15.1 Å². The Morgan fingerprint density at radius 2 is 1.73 bits per heavy atom. The molecular weight excluding hydrogens is 420 g/mol. The topological polar surface area (TPSA) is 118 Å². The summed E-state index contributed by atoms with van der Waals surface area (Å²) in [4.78, 5) is 36.0. The van der Waals surface area contributed by atoms with Crippen LogP contribution in [0.3, 0.4) is 0 Å². The van der Waals surface area contributed by atoms with Crippen LogP contribution in [0.4, 0.5) is 17.5 Å². The lowest BCUT2D eigenvalue weighted by Gasteiger charge is -2.40. The van der Waals surface area contributed by atoms with Crippen LogP contribution in [0.5, 0.6) is 0 Å². The maximum atomic E-state index is 12.6. The summed E-state index contributed by atoms with van der Waals surface area (Å²) in [6.45, 7) is 4.59. The van der Waals surface area contributed by atoms with Gasteiger partial charge < -0.3 is 15.1 Å². The van der Waals surface area contributed by atoms with Gasteiger partial charge in [0.1, 0.15) is 5.82 Å². The van der Waals surface area contributed by atoms with Gasteiger partial charge in [-0.05, 0) is 31.2 Å². The van der Waals surface area contributed by atoms with Crippen LogP contribution in [0.25, 0.3) is 5.82 Å². The van der Waals surface area contributed by atoms with E-state index < -0.39 is 0 Å². The van der Waals surface area contributed by atoms with Crippen LogP contribution in [-0.2, 0) is 0 Å². The van der Waals surface area contributed by atoms with E-state index in [0.717, 1.165) is 25.5 Å². The van der Waals surface area contributed by atoms with Gasteiger partial charge in [0.05, 0.1) is 36.0 Å². The quantitative estimate of drug-likeness (QED) is 0.494. The summed E-state index contributed by atoms with van der Waals surface area (Å²) in [5.41, 5.74) is 0.926. The van der Waals surface area contributed by atoms with Gasteiger partial charge in [-0.3, -0.25) is 4.79 Å². The molecule has 1 amide bonds. The summed E-state index contributed by atoms with van der Waals surface area (Å²) in [6.07, 6.45) is 9.65. The summed E-state index contributed by atoms with van der Waals surface area (Å²) < 4.78 is 0. The average molecular weight is 442 g/mol. The van der Waals surface area contributed by atoms with E-state index in [1.165, 1.54) is 11.0 Å². The van der Waals surface area contributed by atoms with E-state index in [1.54, 1.807) is 36.9 Å². The lowest BCUT2D eigenvalue weighted by Crippen LogP contribution is -2.53. The van der Waals surface area contributed by atoms with Crippen molar-refractivity contribution in [3.63, 3.8) is 0 Å². The van der Waals surface area contributed by atoms with E-state index >= 15 is 0 Å². The molecule has 0 radical (unpaired) electrons. The van der Waals surface area contributed by atoms with Crippen LogP contribution in [0.2, 0.25) is 0 Å². The second kappa shape index (κ2) is 8.99. The van der Waals surface area contributed by atoms with Gasteiger partial charge in [-0.25, -0.2) is 19.9 Å². The molecule has 0 aromatic carbocycles. The molecule has 5 rings (SSSR count). The monoisotopic (exact) mass is 442 g/mol. The fourth-order valence-corrected chi connectivity index (χ4v) is 3.71. The lowest BCUT2D eigenvalue weighted by atomic mass is 10.2. The zero-order chi connectivity index (χ0) is 22.6. The fourth-order valence-electron chi connectivity index (χ4n) is 3.71. The Hall–Kier alpha value is -4.41. The Balaban J connectivity index is 1.20. The van der Waals surface area contributed by atoms with Crippen molar-refractivity contribution >= 4 is 23.4 Å². The van der Waals surface area contributed by atoms with Crippen LogP contribution >= 0.6 is 0 Å². The Labute approximate surface area is 190 Å². The van der Waals surface area contributed by atoms with Crippen LogP contribution in [0, 0.1) is 0 Å². The molecule has 33 heavy (non-hydrogen) atoms. The molecule has 1 aliphatic rings. The number of hydrogen-bond donors (Lipinski definition) is 1. The first-order chi connectivity index (χ1) is 16.2. The highest BCUT2D eigenvalue weighted by molar-refractivity contribution is 6.03. The van der Waals surface area contributed by atoms with Crippen LogP contribution in [0.1, 0.15) is 17.3 Å². The highest BCUT2D eigenvalue weighted by Crippen LogP contribution is 2.20. The van der Waals surface area contributed by atoms with E-state index in [1.807, 2.05) is 24.4 Å². The van der Waals surface area contributed by atoms with Crippen molar-refractivity contribution in [1.82, 2.24) is 34.9 Å². The molecule has 166 valence electrons. The standard InChI is InChI=1S/C22H22N10O/c1-16-15-30(19-4-2-3-7-23-19)10-11-31(16)22-25-13-18(14-26-22)29-21(33)17-5-6-20(24-12-17)32-27-8-9-28-32/h2-9,12-14,16H,10-11,15H2,1H3,(H,29,33)/t16-/m0/s1. The summed E-state index contributed by atoms with van der Waals surface area (Å²) in [7, 11) is 0. The fraction of sp³-hybridized carbons (Fsp3) is 0.227. The van der Waals surface area contributed by atoms with Gasteiger partial charge >= 0.3 is 0 Å². The van der Waals surface area contributed by atoms with Crippen molar-refractivity contribution in [2.45, 2.75) is 13.0 Å². The number of nitrogens with zero attached hydrogens (tertiary/aromatic N) is 9. The molecule has 1 aliphatic heterocycles. The molecule has 0 spiro atoms. The number of amides is 1. The highest BCUT2D eigenvalue weighted by atomic mass is 16.1. The first-order valence-corrected chi connectivity index (χ1v) is 10.6. The Kier molecular flexibility index (Phi) is 5.58. The minimum Gasteiger partial charge on any atom is -0.353 e. The number of carbonyl (C=O) groups is 1. The van der Waals surface area contributed by atoms with Crippen molar-refractivity contribution in [2.24, 2.45) is 0 Å². The summed E-state index contributed by atoms with van der Waals surface area (Å²) in [5.74, 6) is 1.85. The summed E-state index contributed by atoms with van der Waals surface area (Å²) in [6, 6.07) is 9.50. The normalized spacial score (nSPS) is 16.0. The molecule has 4 aromatic heterocycles. The SMILES string of the molecule is C[C@H]1CN(c2ccccn2)CCN1c1ncc(NC(=O)c2ccc(-n3nccn3)nc2)cn1. The van der Waals surface area contributed by atoms with Crippen molar-refractivity contribution in [3.8, 4) is 5.82 Å². The van der Waals surface area contributed by atoms with E-state index in [2.05, 4.69) is 52.2 Å². The number of pyridine rings is 2. The average Bonchev–Trinajstić information content (AvgIpc) is 3.40. The molecule has 1 N–H and O–H groups in total. The first-order valence-electron chi connectivity index (χ1n) is 10.6. The molecule has 0 unspecified atom stereocenters. The predicted molar refractivity (Wildman–Crippen MR) is 122 cm³/mol. The van der Waals surface area contributed by atoms with Crippen LogP contribution in [0.15, 0.2) is 67.5 Å². The number of carbonyl (C=O) groups excluding carboxylic acids is 1. The van der Waals surface area contributed by atoms with Crippen LogP contribution in [-0.4, -0.2) is 66.5 Å². The van der Waals surface area contributed by atoms with E-state index in [0.29, 0.717) is 23.0 Å². The lowest BCUT2D eigenvalue weighted by molar-refractivity contribution is 0.102. The van der Waals surface area contributed by atoms with Gasteiger partial charge in [0.15, 0.2) is 5.82 Å². The Morgan fingerprint density at radius 1 is 0.909 bits per heavy atom. The van der Waals surface area contributed by atoms with E-state index in [4.69, 9.17) is 0 Å². The predicted octanol–water partition coefficient (Wildman–Crippen LogP) is 1.81. The third-order valence-corrected chi connectivity index (χ3v) is 5.39. The molecule has 4 aromatic rings. The third-order valence-electron chi connectivity index (χ3n) is 5.39. The second-order valence-electron chi connectivity index (χ2n) is 7.63. The van der Waals surface area contributed by atoms with Gasteiger partial charge in [-0.15, -0.1) is 4.80 Å². The highest BCUT2D eigenvalue weighted by Gasteiger charge is 2.26. The third kappa shape index (κ3) is 4.47. The van der Waals surface area contributed by atoms with Crippen molar-refractivity contribution in [2.75, 3.05) is 34.8 Å². The number of rotatable bonds is 5. The molecule has 0 bridgehead atoms. The molecule has 0 aliphatic carbocycles. The van der Waals surface area contributed by atoms with Gasteiger partial charge in [-0.2, -0.15) is 10.2 Å². The first kappa shape index (κ1) is 20.5. The molecule has 1 saturated heterocycles. The number of hydrogen-bond acceptors (Lipinski definition) is 9. The molecule has 11 heteroatoms. The second-order valence-corrected chi connectivity index (χ2v) is 7.63. The zero-order valence-corrected chi connectivity index (χ0v) is 18.0. The minimum atomic E-state index is -0.295. The van der Waals surface area contributed by atoms with Crippen molar-refractivity contribution in [1.29, 1.82) is 0 Å². The van der Waals surface area contributed by atoms with E-state index in [9.17, 15) is 4.79 Å². The van der Waals surface area contributed by atoms with Gasteiger partial charge in [-0.1, -0.05) is 6.07 Å². The van der Waals surface area contributed by atoms with Crippen molar-refractivity contribution < 1.29 is 4.79 Å². The molecule has 1 atom stereocenters. The van der Waals surface area contributed by atoms with Gasteiger partial charge in [0, 0.05) is 38.1 Å². The molecule has 1 fully saturated rings. The zero-order valence-electron chi connectivity index (χ0n) is 18.0. The largest absolute Gasteiger partial charge is 0.353 e. The number of nitrogens with one attached hydrogen (secondary N) is 1. The van der Waals surface area contributed by atoms with Crippen molar-refractivity contribution in [3.05, 3.63) is 73.1 Å². The molecule has 5 heterocycles. The summed E-state index contributed by atoms with van der Waals surface area (Å²) in [5, 5.41) is 10.8. The molecule has 11 nitrogen and oxygen atoms in total. The van der Waals surface area contributed by atoms with Gasteiger partial charge in [0.25, 0.3) is 5.91 Å². The Morgan fingerprint density at radius 3 is 2.39 bits per heavy atom. The molecule has 0 saturated carbocycles. The van der Waals surface area contributed by atoms with E-state index in [-0.39, 0.29) is 11.9 Å². The number of anilines is 3. The minimum absolute atomic E-state index is 0.218. The maximum Gasteiger partial charge on any atom is 0.257 e.